The molecule has 0 aromatic heterocycles. The summed E-state index contributed by atoms with van der Waals surface area (Å²) in [4.78, 5) is 16.6. The van der Waals surface area contributed by atoms with E-state index >= 15 is 0 Å². The highest BCUT2D eigenvalue weighted by atomic mass is 16.5. The fourth-order valence-electron chi connectivity index (χ4n) is 2.45. The Morgan fingerprint density at radius 2 is 1.79 bits per heavy atom. The summed E-state index contributed by atoms with van der Waals surface area (Å²) in [5.41, 5.74) is 0. The summed E-state index contributed by atoms with van der Waals surface area (Å²) in [5.74, 6) is -0.149. The molecule has 0 aromatic carbocycles. The molecular formula is C14H29N3O2. The molecule has 1 rings (SSSR count). The minimum absolute atomic E-state index is 0.149. The van der Waals surface area contributed by atoms with Gasteiger partial charge in [-0.1, -0.05) is 13.8 Å². The van der Waals surface area contributed by atoms with Crippen molar-refractivity contribution in [3.05, 3.63) is 0 Å². The van der Waals surface area contributed by atoms with Gasteiger partial charge in [-0.15, -0.1) is 0 Å². The van der Waals surface area contributed by atoms with E-state index in [1.54, 1.807) is 0 Å². The van der Waals surface area contributed by atoms with Crippen molar-refractivity contribution in [2.45, 2.75) is 32.7 Å². The summed E-state index contributed by atoms with van der Waals surface area (Å²) in [5, 5.41) is 3.27. The molecule has 112 valence electrons. The zero-order valence-corrected chi connectivity index (χ0v) is 12.7. The molecule has 0 aliphatic carbocycles. The third kappa shape index (κ3) is 5.89. The third-order valence-corrected chi connectivity index (χ3v) is 3.57. The highest BCUT2D eigenvalue weighted by Gasteiger charge is 2.24. The van der Waals surface area contributed by atoms with Gasteiger partial charge in [-0.25, -0.2) is 0 Å². The molecule has 1 aliphatic rings. The van der Waals surface area contributed by atoms with Crippen molar-refractivity contribution in [2.24, 2.45) is 0 Å². The molecule has 0 bridgehead atoms. The maximum Gasteiger partial charge on any atom is 0.324 e. The maximum atomic E-state index is 11.7. The SMILES string of the molecule is CCCNC(CN1CCN(CCC)CC1)C(=O)OC. The van der Waals surface area contributed by atoms with E-state index in [0.29, 0.717) is 0 Å². The highest BCUT2D eigenvalue weighted by molar-refractivity contribution is 5.75. The molecule has 0 aromatic rings. The van der Waals surface area contributed by atoms with Crippen LogP contribution in [0.2, 0.25) is 0 Å². The van der Waals surface area contributed by atoms with E-state index in [1.807, 2.05) is 0 Å². The first-order chi connectivity index (χ1) is 9.21. The molecule has 1 saturated heterocycles. The Bertz CT molecular complexity index is 253. The van der Waals surface area contributed by atoms with Crippen LogP contribution in [0.3, 0.4) is 0 Å². The van der Waals surface area contributed by atoms with Crippen LogP contribution in [-0.4, -0.2) is 74.7 Å². The molecule has 1 unspecified atom stereocenters. The van der Waals surface area contributed by atoms with E-state index in [1.165, 1.54) is 20.1 Å². The molecule has 1 atom stereocenters. The second-order valence-corrected chi connectivity index (χ2v) is 5.17. The van der Waals surface area contributed by atoms with Crippen LogP contribution in [0.4, 0.5) is 0 Å². The van der Waals surface area contributed by atoms with Gasteiger partial charge >= 0.3 is 5.97 Å². The summed E-state index contributed by atoms with van der Waals surface area (Å²) in [7, 11) is 1.46. The fourth-order valence-corrected chi connectivity index (χ4v) is 2.45. The van der Waals surface area contributed by atoms with E-state index in [4.69, 9.17) is 4.74 Å². The van der Waals surface area contributed by atoms with Crippen molar-refractivity contribution < 1.29 is 9.53 Å². The number of rotatable bonds is 8. The molecule has 19 heavy (non-hydrogen) atoms. The molecule has 0 saturated carbocycles. The summed E-state index contributed by atoms with van der Waals surface area (Å²) in [6, 6.07) is -0.192. The van der Waals surface area contributed by atoms with Crippen molar-refractivity contribution in [1.29, 1.82) is 0 Å². The van der Waals surface area contributed by atoms with E-state index in [2.05, 4.69) is 29.0 Å². The van der Waals surface area contributed by atoms with Crippen LogP contribution < -0.4 is 5.32 Å². The van der Waals surface area contributed by atoms with Crippen LogP contribution in [0.5, 0.6) is 0 Å². The fraction of sp³-hybridized carbons (Fsp3) is 0.929. The lowest BCUT2D eigenvalue weighted by atomic mass is 10.2. The number of methoxy groups -OCH3 is 1. The number of piperazine rings is 1. The number of nitrogens with zero attached hydrogens (tertiary/aromatic N) is 2. The lowest BCUT2D eigenvalue weighted by Gasteiger charge is -2.35. The van der Waals surface area contributed by atoms with E-state index < -0.39 is 0 Å². The van der Waals surface area contributed by atoms with Gasteiger partial charge in [0.25, 0.3) is 0 Å². The predicted molar refractivity (Wildman–Crippen MR) is 77.3 cm³/mol. The molecule has 5 heteroatoms. The number of ether oxygens (including phenoxy) is 1. The molecule has 0 radical (unpaired) electrons. The first-order valence-electron chi connectivity index (χ1n) is 7.47. The van der Waals surface area contributed by atoms with Crippen molar-refractivity contribution in [3.8, 4) is 0 Å². The number of hydrogen-bond acceptors (Lipinski definition) is 5. The van der Waals surface area contributed by atoms with Gasteiger partial charge in [0.15, 0.2) is 0 Å². The van der Waals surface area contributed by atoms with Gasteiger partial charge in [0, 0.05) is 32.7 Å². The third-order valence-electron chi connectivity index (χ3n) is 3.57. The Balaban J connectivity index is 2.36. The molecule has 0 amide bonds. The monoisotopic (exact) mass is 271 g/mol. The van der Waals surface area contributed by atoms with E-state index in [-0.39, 0.29) is 12.0 Å². The molecule has 1 heterocycles. The molecule has 0 spiro atoms. The van der Waals surface area contributed by atoms with Gasteiger partial charge in [-0.2, -0.15) is 0 Å². The second-order valence-electron chi connectivity index (χ2n) is 5.17. The van der Waals surface area contributed by atoms with Gasteiger partial charge in [0.1, 0.15) is 6.04 Å². The minimum Gasteiger partial charge on any atom is -0.468 e. The summed E-state index contributed by atoms with van der Waals surface area (Å²) >= 11 is 0. The quantitative estimate of drug-likeness (QED) is 0.653. The van der Waals surface area contributed by atoms with Crippen LogP contribution in [-0.2, 0) is 9.53 Å². The lowest BCUT2D eigenvalue weighted by molar-refractivity contribution is -0.143. The molecular weight excluding hydrogens is 242 g/mol. The summed E-state index contributed by atoms with van der Waals surface area (Å²) in [6.45, 7) is 11.4. The highest BCUT2D eigenvalue weighted by Crippen LogP contribution is 2.04. The average Bonchev–Trinajstić information content (AvgIpc) is 2.44. The molecule has 1 N–H and O–H groups in total. The number of hydrogen-bond donors (Lipinski definition) is 1. The van der Waals surface area contributed by atoms with Gasteiger partial charge in [0.2, 0.25) is 0 Å². The van der Waals surface area contributed by atoms with Crippen molar-refractivity contribution in [2.75, 3.05) is 52.9 Å². The molecule has 1 aliphatic heterocycles. The number of nitrogens with one attached hydrogen (secondary N) is 1. The maximum absolute atomic E-state index is 11.7. The van der Waals surface area contributed by atoms with Crippen LogP contribution in [0.15, 0.2) is 0 Å². The number of esters is 1. The van der Waals surface area contributed by atoms with Crippen LogP contribution >= 0.6 is 0 Å². The topological polar surface area (TPSA) is 44.8 Å². The summed E-state index contributed by atoms with van der Waals surface area (Å²) in [6.07, 6.45) is 2.24. The average molecular weight is 271 g/mol. The zero-order chi connectivity index (χ0) is 14.1. The first-order valence-corrected chi connectivity index (χ1v) is 7.47. The molecule has 1 fully saturated rings. The van der Waals surface area contributed by atoms with Gasteiger partial charge in [-0.05, 0) is 25.9 Å². The number of carbonyl (C=O) groups excluding carboxylic acids is 1. The van der Waals surface area contributed by atoms with Crippen molar-refractivity contribution in [3.63, 3.8) is 0 Å². The van der Waals surface area contributed by atoms with Crippen molar-refractivity contribution in [1.82, 2.24) is 15.1 Å². The Morgan fingerprint density at radius 3 is 2.32 bits per heavy atom. The van der Waals surface area contributed by atoms with Crippen LogP contribution in [0.1, 0.15) is 26.7 Å². The lowest BCUT2D eigenvalue weighted by Crippen LogP contribution is -2.53. The second kappa shape index (κ2) is 9.28. The minimum atomic E-state index is -0.192. The summed E-state index contributed by atoms with van der Waals surface area (Å²) < 4.78 is 4.87. The zero-order valence-electron chi connectivity index (χ0n) is 12.7. The first kappa shape index (κ1) is 16.4. The standard InChI is InChI=1S/C14H29N3O2/c1-4-6-15-13(14(18)19-3)12-17-10-8-16(7-5-2)9-11-17/h13,15H,4-12H2,1-3H3. The normalized spacial score (nSPS) is 19.3. The van der Waals surface area contributed by atoms with Crippen LogP contribution in [0, 0.1) is 0 Å². The van der Waals surface area contributed by atoms with E-state index in [0.717, 1.165) is 45.7 Å². The van der Waals surface area contributed by atoms with Gasteiger partial charge in [-0.3, -0.25) is 9.69 Å². The Kier molecular flexibility index (Phi) is 8.02. The Hall–Kier alpha value is -0.650. The van der Waals surface area contributed by atoms with Gasteiger partial charge in [0.05, 0.1) is 7.11 Å². The Labute approximate surface area is 117 Å². The molecule has 5 nitrogen and oxygen atoms in total. The van der Waals surface area contributed by atoms with Gasteiger partial charge < -0.3 is 15.0 Å². The predicted octanol–water partition coefficient (Wildman–Crippen LogP) is 0.555. The van der Waals surface area contributed by atoms with Crippen molar-refractivity contribution >= 4 is 5.97 Å². The van der Waals surface area contributed by atoms with E-state index in [9.17, 15) is 4.79 Å². The largest absolute Gasteiger partial charge is 0.468 e. The number of carbonyl (C=O) groups is 1. The van der Waals surface area contributed by atoms with Crippen LogP contribution in [0.25, 0.3) is 0 Å². The smallest absolute Gasteiger partial charge is 0.324 e. The Morgan fingerprint density at radius 1 is 1.16 bits per heavy atom.